The SMILES string of the molecule is Cn1cccc(CN2CC[C@@H](Oc3ccc4c(c3)NC(=O)CC4)[C@H](O)C2)c1=O. The number of aliphatic hydroxyl groups excluding tert-OH is 1. The second-order valence-corrected chi connectivity index (χ2v) is 7.56. The minimum atomic E-state index is -0.646. The average Bonchev–Trinajstić information content (AvgIpc) is 2.67. The van der Waals surface area contributed by atoms with Gasteiger partial charge in [-0.1, -0.05) is 12.1 Å². The molecule has 1 fully saturated rings. The van der Waals surface area contributed by atoms with Crippen LogP contribution in [0.5, 0.6) is 5.75 Å². The number of aromatic nitrogens is 1. The predicted molar refractivity (Wildman–Crippen MR) is 105 cm³/mol. The van der Waals surface area contributed by atoms with Crippen molar-refractivity contribution in [1.82, 2.24) is 9.47 Å². The van der Waals surface area contributed by atoms with Crippen LogP contribution in [0.15, 0.2) is 41.3 Å². The van der Waals surface area contributed by atoms with E-state index < -0.39 is 6.10 Å². The van der Waals surface area contributed by atoms with Gasteiger partial charge in [-0.15, -0.1) is 0 Å². The number of aliphatic hydroxyl groups is 1. The molecular formula is C21H25N3O4. The van der Waals surface area contributed by atoms with Crippen LogP contribution in [-0.2, 0) is 24.8 Å². The molecule has 3 heterocycles. The Morgan fingerprint density at radius 1 is 1.25 bits per heavy atom. The summed E-state index contributed by atoms with van der Waals surface area (Å²) in [5.41, 5.74) is 2.61. The Morgan fingerprint density at radius 2 is 2.11 bits per heavy atom. The van der Waals surface area contributed by atoms with Gasteiger partial charge in [-0.2, -0.15) is 0 Å². The summed E-state index contributed by atoms with van der Waals surface area (Å²) in [6.07, 6.45) is 2.69. The zero-order valence-corrected chi connectivity index (χ0v) is 15.9. The van der Waals surface area contributed by atoms with Crippen LogP contribution in [0.2, 0.25) is 0 Å². The quantitative estimate of drug-likeness (QED) is 0.831. The molecule has 2 aliphatic rings. The van der Waals surface area contributed by atoms with Gasteiger partial charge in [0.25, 0.3) is 5.56 Å². The molecule has 2 N–H and O–H groups in total. The van der Waals surface area contributed by atoms with Gasteiger partial charge >= 0.3 is 0 Å². The molecule has 2 atom stereocenters. The lowest BCUT2D eigenvalue weighted by molar-refractivity contribution is -0.116. The molecule has 1 saturated heterocycles. The Bertz CT molecular complexity index is 939. The summed E-state index contributed by atoms with van der Waals surface area (Å²) in [5.74, 6) is 0.667. The number of carbonyl (C=O) groups is 1. The number of anilines is 1. The maximum absolute atomic E-state index is 12.2. The van der Waals surface area contributed by atoms with Crippen molar-refractivity contribution in [1.29, 1.82) is 0 Å². The van der Waals surface area contributed by atoms with Crippen molar-refractivity contribution in [2.75, 3.05) is 18.4 Å². The maximum atomic E-state index is 12.2. The van der Waals surface area contributed by atoms with Gasteiger partial charge in [0.15, 0.2) is 0 Å². The third kappa shape index (κ3) is 3.95. The summed E-state index contributed by atoms with van der Waals surface area (Å²) in [4.78, 5) is 25.9. The number of hydrogen-bond acceptors (Lipinski definition) is 5. The van der Waals surface area contributed by atoms with E-state index in [0.717, 1.165) is 29.8 Å². The Kier molecular flexibility index (Phi) is 5.19. The molecule has 2 aliphatic heterocycles. The van der Waals surface area contributed by atoms with Gasteiger partial charge in [-0.05, 0) is 30.5 Å². The molecule has 0 unspecified atom stereocenters. The molecule has 7 nitrogen and oxygen atoms in total. The first kappa shape index (κ1) is 18.7. The Morgan fingerprint density at radius 3 is 2.93 bits per heavy atom. The molecule has 7 heteroatoms. The van der Waals surface area contributed by atoms with Crippen molar-refractivity contribution in [3.8, 4) is 5.75 Å². The van der Waals surface area contributed by atoms with Gasteiger partial charge in [-0.3, -0.25) is 14.5 Å². The highest BCUT2D eigenvalue weighted by molar-refractivity contribution is 5.94. The van der Waals surface area contributed by atoms with Crippen molar-refractivity contribution in [3.05, 3.63) is 58.0 Å². The standard InChI is InChI=1S/C21H25N3O4/c1-23-9-2-3-15(21(23)27)12-24-10-8-19(18(25)13-24)28-16-6-4-14-5-7-20(26)22-17(14)11-16/h2-4,6,9,11,18-19,25H,5,7-8,10,12-13H2,1H3,(H,22,26)/t18-,19-/m1/s1. The van der Waals surface area contributed by atoms with Gasteiger partial charge in [-0.25, -0.2) is 0 Å². The summed E-state index contributed by atoms with van der Waals surface area (Å²) < 4.78 is 7.58. The number of pyridine rings is 1. The van der Waals surface area contributed by atoms with E-state index in [-0.39, 0.29) is 17.6 Å². The Hall–Kier alpha value is -2.64. The lowest BCUT2D eigenvalue weighted by Crippen LogP contribution is -2.49. The van der Waals surface area contributed by atoms with Gasteiger partial charge < -0.3 is 19.7 Å². The van der Waals surface area contributed by atoms with Gasteiger partial charge in [0.1, 0.15) is 18.0 Å². The van der Waals surface area contributed by atoms with Crippen molar-refractivity contribution in [2.24, 2.45) is 7.05 Å². The molecule has 4 rings (SSSR count). The van der Waals surface area contributed by atoms with Crippen molar-refractivity contribution in [2.45, 2.75) is 38.0 Å². The van der Waals surface area contributed by atoms with E-state index in [1.165, 1.54) is 0 Å². The number of carbonyl (C=O) groups excluding carboxylic acids is 1. The first-order chi connectivity index (χ1) is 13.5. The van der Waals surface area contributed by atoms with Gasteiger partial charge in [0, 0.05) is 56.6 Å². The van der Waals surface area contributed by atoms with E-state index in [2.05, 4.69) is 10.2 Å². The van der Waals surface area contributed by atoms with Crippen molar-refractivity contribution in [3.63, 3.8) is 0 Å². The summed E-state index contributed by atoms with van der Waals surface area (Å²) >= 11 is 0. The Labute approximate surface area is 163 Å². The van der Waals surface area contributed by atoms with Crippen LogP contribution < -0.4 is 15.6 Å². The minimum absolute atomic E-state index is 0.00790. The summed E-state index contributed by atoms with van der Waals surface area (Å²) in [7, 11) is 1.74. The molecule has 0 aliphatic carbocycles. The molecule has 0 saturated carbocycles. The second kappa shape index (κ2) is 7.77. The second-order valence-electron chi connectivity index (χ2n) is 7.56. The third-order valence-corrected chi connectivity index (χ3v) is 5.46. The number of amides is 1. The molecule has 0 radical (unpaired) electrons. The van der Waals surface area contributed by atoms with Crippen LogP contribution in [0.1, 0.15) is 24.0 Å². The normalized spacial score (nSPS) is 22.4. The lowest BCUT2D eigenvalue weighted by Gasteiger charge is -2.36. The van der Waals surface area contributed by atoms with E-state index in [1.54, 1.807) is 17.8 Å². The van der Waals surface area contributed by atoms with E-state index in [1.807, 2.05) is 30.3 Å². The average molecular weight is 383 g/mol. The number of ether oxygens (including phenoxy) is 1. The van der Waals surface area contributed by atoms with E-state index in [4.69, 9.17) is 4.74 Å². The van der Waals surface area contributed by atoms with Crippen molar-refractivity contribution >= 4 is 11.6 Å². The number of β-amino-alcohol motifs (C(OH)–C–C–N with tert-alkyl or cyclic N) is 1. The number of benzene rings is 1. The van der Waals surface area contributed by atoms with Crippen LogP contribution in [0.25, 0.3) is 0 Å². The summed E-state index contributed by atoms with van der Waals surface area (Å²) in [5, 5.41) is 13.4. The predicted octanol–water partition coefficient (Wildman–Crippen LogP) is 1.28. The highest BCUT2D eigenvalue weighted by Gasteiger charge is 2.30. The minimum Gasteiger partial charge on any atom is -0.488 e. The number of aryl methyl sites for hydroxylation is 2. The van der Waals surface area contributed by atoms with Crippen LogP contribution in [0.4, 0.5) is 5.69 Å². The summed E-state index contributed by atoms with van der Waals surface area (Å²) in [6.45, 7) is 1.70. The molecule has 28 heavy (non-hydrogen) atoms. The van der Waals surface area contributed by atoms with Crippen LogP contribution >= 0.6 is 0 Å². The molecule has 1 amide bonds. The molecule has 1 aromatic heterocycles. The number of nitrogens with one attached hydrogen (secondary N) is 1. The molecule has 1 aromatic carbocycles. The van der Waals surface area contributed by atoms with E-state index in [0.29, 0.717) is 31.7 Å². The van der Waals surface area contributed by atoms with Crippen LogP contribution in [0, 0.1) is 0 Å². The zero-order chi connectivity index (χ0) is 19.7. The highest BCUT2D eigenvalue weighted by Crippen LogP contribution is 2.29. The first-order valence-electron chi connectivity index (χ1n) is 9.64. The highest BCUT2D eigenvalue weighted by atomic mass is 16.5. The fourth-order valence-electron chi connectivity index (χ4n) is 3.87. The molecular weight excluding hydrogens is 358 g/mol. The molecule has 0 bridgehead atoms. The topological polar surface area (TPSA) is 83.8 Å². The molecule has 0 spiro atoms. The largest absolute Gasteiger partial charge is 0.488 e. The number of likely N-dealkylation sites (tertiary alicyclic amines) is 1. The lowest BCUT2D eigenvalue weighted by atomic mass is 10.0. The summed E-state index contributed by atoms with van der Waals surface area (Å²) in [6, 6.07) is 9.38. The number of nitrogens with zero attached hydrogens (tertiary/aromatic N) is 2. The monoisotopic (exact) mass is 383 g/mol. The van der Waals surface area contributed by atoms with E-state index >= 15 is 0 Å². The van der Waals surface area contributed by atoms with Crippen LogP contribution in [0.3, 0.4) is 0 Å². The fraction of sp³-hybridized carbons (Fsp3) is 0.429. The number of piperidine rings is 1. The van der Waals surface area contributed by atoms with Gasteiger partial charge in [0.2, 0.25) is 5.91 Å². The maximum Gasteiger partial charge on any atom is 0.254 e. The smallest absolute Gasteiger partial charge is 0.254 e. The molecule has 2 aromatic rings. The fourth-order valence-corrected chi connectivity index (χ4v) is 3.87. The van der Waals surface area contributed by atoms with Gasteiger partial charge in [0.05, 0.1) is 0 Å². The number of rotatable bonds is 4. The van der Waals surface area contributed by atoms with Crippen LogP contribution in [-0.4, -0.2) is 45.8 Å². The first-order valence-corrected chi connectivity index (χ1v) is 9.64. The molecule has 148 valence electrons. The van der Waals surface area contributed by atoms with E-state index in [9.17, 15) is 14.7 Å². The Balaban J connectivity index is 1.38. The number of hydrogen-bond donors (Lipinski definition) is 2. The third-order valence-electron chi connectivity index (χ3n) is 5.46. The number of fused-ring (bicyclic) bond motifs is 1. The van der Waals surface area contributed by atoms with Crippen molar-refractivity contribution < 1.29 is 14.6 Å². The zero-order valence-electron chi connectivity index (χ0n) is 15.9.